The van der Waals surface area contributed by atoms with Crippen LogP contribution in [-0.4, -0.2) is 20.6 Å². The van der Waals surface area contributed by atoms with Crippen LogP contribution in [0.4, 0.5) is 0 Å². The van der Waals surface area contributed by atoms with Gasteiger partial charge in [0.05, 0.1) is 12.2 Å². The summed E-state index contributed by atoms with van der Waals surface area (Å²) in [5, 5.41) is 4.33. The van der Waals surface area contributed by atoms with E-state index in [0.29, 0.717) is 6.54 Å². The molecule has 0 radical (unpaired) electrons. The van der Waals surface area contributed by atoms with E-state index in [9.17, 15) is 4.79 Å². The lowest BCUT2D eigenvalue weighted by Gasteiger charge is -2.06. The van der Waals surface area contributed by atoms with E-state index >= 15 is 0 Å². The Morgan fingerprint density at radius 1 is 1.44 bits per heavy atom. The molecule has 0 aliphatic heterocycles. The van der Waals surface area contributed by atoms with Crippen LogP contribution in [0.15, 0.2) is 18.3 Å². The third-order valence-electron chi connectivity index (χ3n) is 2.83. The first-order chi connectivity index (χ1) is 7.61. The van der Waals surface area contributed by atoms with Crippen molar-refractivity contribution in [2.75, 3.05) is 0 Å². The third-order valence-corrected chi connectivity index (χ3v) is 2.83. The highest BCUT2D eigenvalue weighted by Crippen LogP contribution is 2.14. The number of nitrogens with zero attached hydrogens (tertiary/aromatic N) is 3. The molecular weight excluding hydrogens is 202 g/mol. The fraction of sp³-hybridized carbons (Fsp3) is 0.333. The number of carbonyl (C=O) groups is 1. The molecule has 0 unspecified atom stereocenters. The largest absolute Gasteiger partial charge is 0.342 e. The molecule has 0 bridgehead atoms. The van der Waals surface area contributed by atoms with E-state index in [2.05, 4.69) is 9.67 Å². The molecule has 2 aromatic rings. The molecule has 0 saturated heterocycles. The van der Waals surface area contributed by atoms with Gasteiger partial charge >= 0.3 is 0 Å². The molecule has 2 rings (SSSR count). The summed E-state index contributed by atoms with van der Waals surface area (Å²) in [6.45, 7) is 4.68. The molecule has 0 saturated carbocycles. The third kappa shape index (κ3) is 1.78. The molecule has 84 valence electrons. The molecule has 0 atom stereocenters. The van der Waals surface area contributed by atoms with Crippen molar-refractivity contribution >= 4 is 6.29 Å². The summed E-state index contributed by atoms with van der Waals surface area (Å²) < 4.78 is 3.89. The van der Waals surface area contributed by atoms with Crippen molar-refractivity contribution in [2.24, 2.45) is 7.05 Å². The first-order valence-electron chi connectivity index (χ1n) is 5.22. The maximum absolute atomic E-state index is 10.8. The molecule has 16 heavy (non-hydrogen) atoms. The molecule has 0 amide bonds. The Morgan fingerprint density at radius 3 is 2.69 bits per heavy atom. The van der Waals surface area contributed by atoms with E-state index in [1.807, 2.05) is 39.2 Å². The second kappa shape index (κ2) is 3.96. The van der Waals surface area contributed by atoms with Crippen molar-refractivity contribution in [3.63, 3.8) is 0 Å². The summed E-state index contributed by atoms with van der Waals surface area (Å²) in [4.78, 5) is 10.8. The van der Waals surface area contributed by atoms with E-state index in [1.54, 1.807) is 4.68 Å². The molecule has 0 N–H and O–H groups in total. The fourth-order valence-electron chi connectivity index (χ4n) is 1.90. The molecule has 0 fully saturated rings. The lowest BCUT2D eigenvalue weighted by molar-refractivity contribution is 0.112. The van der Waals surface area contributed by atoms with Gasteiger partial charge in [-0.15, -0.1) is 0 Å². The van der Waals surface area contributed by atoms with Crippen LogP contribution in [0.1, 0.15) is 27.4 Å². The average Bonchev–Trinajstić information content (AvgIpc) is 2.77. The van der Waals surface area contributed by atoms with E-state index < -0.39 is 0 Å². The number of aryl methyl sites for hydroxylation is 2. The minimum absolute atomic E-state index is 0.715. The van der Waals surface area contributed by atoms with Crippen LogP contribution >= 0.6 is 0 Å². The Labute approximate surface area is 94.5 Å². The van der Waals surface area contributed by atoms with Crippen LogP contribution in [-0.2, 0) is 13.6 Å². The number of hydrogen-bond donors (Lipinski definition) is 0. The van der Waals surface area contributed by atoms with E-state index in [0.717, 1.165) is 28.9 Å². The molecule has 0 aromatic carbocycles. The van der Waals surface area contributed by atoms with Crippen molar-refractivity contribution in [3.05, 3.63) is 41.0 Å². The zero-order valence-corrected chi connectivity index (χ0v) is 9.77. The molecule has 2 heterocycles. The topological polar surface area (TPSA) is 39.8 Å². The van der Waals surface area contributed by atoms with Crippen LogP contribution in [0, 0.1) is 13.8 Å². The Balaban J connectivity index is 2.34. The van der Waals surface area contributed by atoms with Crippen molar-refractivity contribution in [1.29, 1.82) is 0 Å². The summed E-state index contributed by atoms with van der Waals surface area (Å²) in [5.41, 5.74) is 3.85. The first kappa shape index (κ1) is 10.7. The molecule has 4 nitrogen and oxygen atoms in total. The molecule has 0 spiro atoms. The Bertz CT molecular complexity index is 522. The van der Waals surface area contributed by atoms with E-state index in [-0.39, 0.29) is 0 Å². The van der Waals surface area contributed by atoms with Crippen LogP contribution < -0.4 is 0 Å². The number of aldehydes is 1. The van der Waals surface area contributed by atoms with Crippen molar-refractivity contribution < 1.29 is 4.79 Å². The van der Waals surface area contributed by atoms with Crippen molar-refractivity contribution in [1.82, 2.24) is 14.3 Å². The summed E-state index contributed by atoms with van der Waals surface area (Å²) in [5.74, 6) is 0. The van der Waals surface area contributed by atoms with Gasteiger partial charge in [-0.25, -0.2) is 0 Å². The molecule has 4 heteroatoms. The van der Waals surface area contributed by atoms with Crippen LogP contribution in [0.3, 0.4) is 0 Å². The van der Waals surface area contributed by atoms with Gasteiger partial charge in [-0.05, 0) is 26.0 Å². The summed E-state index contributed by atoms with van der Waals surface area (Å²) in [6.07, 6.45) is 2.82. The molecule has 2 aromatic heterocycles. The molecular formula is C12H15N3O. The predicted octanol–water partition coefficient (Wildman–Crippen LogP) is 1.70. The van der Waals surface area contributed by atoms with Gasteiger partial charge in [0, 0.05) is 30.2 Å². The van der Waals surface area contributed by atoms with Gasteiger partial charge in [-0.3, -0.25) is 9.48 Å². The molecule has 0 aliphatic rings. The second-order valence-electron chi connectivity index (χ2n) is 4.01. The van der Waals surface area contributed by atoms with Crippen molar-refractivity contribution in [2.45, 2.75) is 20.4 Å². The van der Waals surface area contributed by atoms with Gasteiger partial charge < -0.3 is 4.57 Å². The Hall–Kier alpha value is -1.84. The standard InChI is InChI=1S/C12H15N3O/c1-9-6-11(8-16)10(2)15(9)7-12-4-5-14(3)13-12/h4-6,8H,7H2,1-3H3. The quantitative estimate of drug-likeness (QED) is 0.734. The van der Waals surface area contributed by atoms with Gasteiger partial charge in [0.15, 0.2) is 6.29 Å². The highest BCUT2D eigenvalue weighted by atomic mass is 16.1. The monoisotopic (exact) mass is 217 g/mol. The minimum Gasteiger partial charge on any atom is -0.342 e. The van der Waals surface area contributed by atoms with Gasteiger partial charge in [-0.2, -0.15) is 5.10 Å². The van der Waals surface area contributed by atoms with Gasteiger partial charge in [0.1, 0.15) is 0 Å². The lowest BCUT2D eigenvalue weighted by atomic mass is 10.3. The highest BCUT2D eigenvalue weighted by Gasteiger charge is 2.09. The zero-order chi connectivity index (χ0) is 11.7. The highest BCUT2D eigenvalue weighted by molar-refractivity contribution is 5.77. The Morgan fingerprint density at radius 2 is 2.19 bits per heavy atom. The predicted molar refractivity (Wildman–Crippen MR) is 61.6 cm³/mol. The maximum atomic E-state index is 10.8. The summed E-state index contributed by atoms with van der Waals surface area (Å²) in [6, 6.07) is 3.89. The van der Waals surface area contributed by atoms with Gasteiger partial charge in [-0.1, -0.05) is 0 Å². The maximum Gasteiger partial charge on any atom is 0.151 e. The van der Waals surface area contributed by atoms with Gasteiger partial charge in [0.2, 0.25) is 0 Å². The zero-order valence-electron chi connectivity index (χ0n) is 9.77. The normalized spacial score (nSPS) is 10.7. The smallest absolute Gasteiger partial charge is 0.151 e. The molecule has 0 aliphatic carbocycles. The van der Waals surface area contributed by atoms with Crippen LogP contribution in [0.2, 0.25) is 0 Å². The fourth-order valence-corrected chi connectivity index (χ4v) is 1.90. The van der Waals surface area contributed by atoms with E-state index in [1.165, 1.54) is 0 Å². The number of carbonyl (C=O) groups excluding carboxylic acids is 1. The number of hydrogen-bond acceptors (Lipinski definition) is 2. The SMILES string of the molecule is Cc1cc(C=O)c(C)n1Cc1ccn(C)n1. The van der Waals surface area contributed by atoms with Crippen LogP contribution in [0.25, 0.3) is 0 Å². The summed E-state index contributed by atoms with van der Waals surface area (Å²) >= 11 is 0. The Kier molecular flexibility index (Phi) is 2.64. The number of aromatic nitrogens is 3. The summed E-state index contributed by atoms with van der Waals surface area (Å²) in [7, 11) is 1.90. The van der Waals surface area contributed by atoms with Gasteiger partial charge in [0.25, 0.3) is 0 Å². The minimum atomic E-state index is 0.715. The first-order valence-corrected chi connectivity index (χ1v) is 5.22. The lowest BCUT2D eigenvalue weighted by Crippen LogP contribution is -2.05. The van der Waals surface area contributed by atoms with E-state index in [4.69, 9.17) is 0 Å². The second-order valence-corrected chi connectivity index (χ2v) is 4.01. The van der Waals surface area contributed by atoms with Crippen LogP contribution in [0.5, 0.6) is 0 Å². The average molecular weight is 217 g/mol. The van der Waals surface area contributed by atoms with Crippen molar-refractivity contribution in [3.8, 4) is 0 Å². The number of rotatable bonds is 3.